The Morgan fingerprint density at radius 3 is 2.81 bits per heavy atom. The first-order valence-corrected chi connectivity index (χ1v) is 7.51. The van der Waals surface area contributed by atoms with Crippen molar-refractivity contribution in [2.75, 3.05) is 5.88 Å². The number of rotatable bonds is 3. The molecule has 0 aliphatic heterocycles. The molecule has 0 amide bonds. The smallest absolute Gasteiger partial charge is 0.125 e. The fourth-order valence-electron chi connectivity index (χ4n) is 2.46. The maximum absolute atomic E-state index is 13.6. The molecule has 0 aliphatic rings. The molecule has 0 N–H and O–H groups in total. The third-order valence-corrected chi connectivity index (χ3v) is 4.08. The normalized spacial score (nSPS) is 11.2. The molecule has 0 spiro atoms. The van der Waals surface area contributed by atoms with Crippen molar-refractivity contribution in [1.29, 1.82) is 0 Å². The van der Waals surface area contributed by atoms with Crippen LogP contribution in [0.2, 0.25) is 5.02 Å². The van der Waals surface area contributed by atoms with Crippen LogP contribution in [0.3, 0.4) is 0 Å². The van der Waals surface area contributed by atoms with Crippen LogP contribution in [0.25, 0.3) is 16.7 Å². The zero-order valence-corrected chi connectivity index (χ0v) is 12.9. The molecular formula is C16H13Cl2FN2. The summed E-state index contributed by atoms with van der Waals surface area (Å²) in [6.07, 6.45) is 0.601. The van der Waals surface area contributed by atoms with Gasteiger partial charge in [0.05, 0.1) is 16.7 Å². The van der Waals surface area contributed by atoms with Crippen LogP contribution in [-0.4, -0.2) is 15.4 Å². The fraction of sp³-hybridized carbons (Fsp3) is 0.188. The van der Waals surface area contributed by atoms with Gasteiger partial charge in [-0.15, -0.1) is 11.6 Å². The molecule has 5 heteroatoms. The highest BCUT2D eigenvalue weighted by Gasteiger charge is 2.15. The van der Waals surface area contributed by atoms with Crippen LogP contribution in [0.4, 0.5) is 4.39 Å². The molecule has 0 unspecified atom stereocenters. The highest BCUT2D eigenvalue weighted by molar-refractivity contribution is 6.31. The largest absolute Gasteiger partial charge is 0.296 e. The second-order valence-corrected chi connectivity index (χ2v) is 5.60. The Hall–Kier alpha value is -1.58. The second kappa shape index (κ2) is 5.66. The quantitative estimate of drug-likeness (QED) is 0.626. The number of imidazole rings is 1. The summed E-state index contributed by atoms with van der Waals surface area (Å²) in [6, 6.07) is 10.2. The maximum Gasteiger partial charge on any atom is 0.125 e. The van der Waals surface area contributed by atoms with Crippen LogP contribution < -0.4 is 0 Å². The number of fused-ring (bicyclic) bond motifs is 1. The number of hydrogen-bond acceptors (Lipinski definition) is 1. The number of halogens is 3. The van der Waals surface area contributed by atoms with Gasteiger partial charge in [-0.2, -0.15) is 0 Å². The Balaban J connectivity index is 2.35. The number of hydrogen-bond donors (Lipinski definition) is 0. The topological polar surface area (TPSA) is 17.8 Å². The standard InChI is InChI=1S/C16H13Cl2FN2/c1-10-12(18)3-2-4-14(10)21-15-9-11(19)5-6-13(15)20-16(21)7-8-17/h2-6,9H,7-8H2,1H3. The van der Waals surface area contributed by atoms with Crippen molar-refractivity contribution in [3.63, 3.8) is 0 Å². The molecule has 2 aromatic carbocycles. The van der Waals surface area contributed by atoms with Crippen molar-refractivity contribution in [2.24, 2.45) is 0 Å². The second-order valence-electron chi connectivity index (χ2n) is 4.82. The molecule has 0 fully saturated rings. The van der Waals surface area contributed by atoms with Gasteiger partial charge in [-0.25, -0.2) is 9.37 Å². The van der Waals surface area contributed by atoms with E-state index in [1.165, 1.54) is 12.1 Å². The third kappa shape index (κ3) is 2.52. The van der Waals surface area contributed by atoms with E-state index in [0.717, 1.165) is 28.1 Å². The summed E-state index contributed by atoms with van der Waals surface area (Å²) < 4.78 is 15.5. The average Bonchev–Trinajstić information content (AvgIpc) is 2.80. The van der Waals surface area contributed by atoms with Crippen LogP contribution >= 0.6 is 23.2 Å². The van der Waals surface area contributed by atoms with E-state index in [1.54, 1.807) is 6.07 Å². The van der Waals surface area contributed by atoms with Gasteiger partial charge in [-0.1, -0.05) is 17.7 Å². The molecule has 0 saturated carbocycles. The minimum atomic E-state index is -0.291. The van der Waals surface area contributed by atoms with E-state index in [2.05, 4.69) is 4.98 Å². The van der Waals surface area contributed by atoms with Crippen molar-refractivity contribution in [2.45, 2.75) is 13.3 Å². The average molecular weight is 323 g/mol. The summed E-state index contributed by atoms with van der Waals surface area (Å²) in [4.78, 5) is 4.56. The predicted molar refractivity (Wildman–Crippen MR) is 85.2 cm³/mol. The molecule has 1 heterocycles. The Morgan fingerprint density at radius 1 is 1.24 bits per heavy atom. The lowest BCUT2D eigenvalue weighted by molar-refractivity contribution is 0.629. The Bertz CT molecular complexity index is 811. The van der Waals surface area contributed by atoms with Crippen LogP contribution in [-0.2, 0) is 6.42 Å². The van der Waals surface area contributed by atoms with Crippen LogP contribution in [0.1, 0.15) is 11.4 Å². The van der Waals surface area contributed by atoms with E-state index in [4.69, 9.17) is 23.2 Å². The monoisotopic (exact) mass is 322 g/mol. The minimum absolute atomic E-state index is 0.291. The molecule has 108 valence electrons. The van der Waals surface area contributed by atoms with Gasteiger partial charge in [-0.3, -0.25) is 4.57 Å². The lowest BCUT2D eigenvalue weighted by atomic mass is 10.2. The van der Waals surface area contributed by atoms with Gasteiger partial charge in [0.1, 0.15) is 11.6 Å². The maximum atomic E-state index is 13.6. The van der Waals surface area contributed by atoms with E-state index in [1.807, 2.05) is 29.7 Å². The number of aryl methyl sites for hydroxylation is 1. The summed E-state index contributed by atoms with van der Waals surface area (Å²) in [5.74, 6) is 0.961. The van der Waals surface area contributed by atoms with Gasteiger partial charge < -0.3 is 0 Å². The molecule has 2 nitrogen and oxygen atoms in total. The van der Waals surface area contributed by atoms with Crippen molar-refractivity contribution >= 4 is 34.2 Å². The molecule has 0 bridgehead atoms. The zero-order valence-electron chi connectivity index (χ0n) is 11.4. The van der Waals surface area contributed by atoms with Gasteiger partial charge in [-0.05, 0) is 36.8 Å². The van der Waals surface area contributed by atoms with E-state index >= 15 is 0 Å². The molecule has 0 aliphatic carbocycles. The first kappa shape index (κ1) is 14.4. The molecule has 0 atom stereocenters. The van der Waals surface area contributed by atoms with Crippen LogP contribution in [0.15, 0.2) is 36.4 Å². The van der Waals surface area contributed by atoms with Crippen molar-refractivity contribution in [3.05, 3.63) is 58.6 Å². The van der Waals surface area contributed by atoms with Crippen LogP contribution in [0.5, 0.6) is 0 Å². The van der Waals surface area contributed by atoms with E-state index in [0.29, 0.717) is 17.3 Å². The molecule has 3 rings (SSSR count). The van der Waals surface area contributed by atoms with E-state index < -0.39 is 0 Å². The zero-order chi connectivity index (χ0) is 15.0. The highest BCUT2D eigenvalue weighted by atomic mass is 35.5. The van der Waals surface area contributed by atoms with E-state index in [-0.39, 0.29) is 5.82 Å². The number of aromatic nitrogens is 2. The van der Waals surface area contributed by atoms with Gasteiger partial charge in [0, 0.05) is 23.4 Å². The van der Waals surface area contributed by atoms with Gasteiger partial charge in [0.15, 0.2) is 0 Å². The van der Waals surface area contributed by atoms with Gasteiger partial charge in [0.25, 0.3) is 0 Å². The lowest BCUT2D eigenvalue weighted by Gasteiger charge is -2.12. The first-order valence-electron chi connectivity index (χ1n) is 6.60. The Kier molecular flexibility index (Phi) is 3.87. The van der Waals surface area contributed by atoms with Gasteiger partial charge in [0.2, 0.25) is 0 Å². The summed E-state index contributed by atoms with van der Waals surface area (Å²) >= 11 is 12.1. The summed E-state index contributed by atoms with van der Waals surface area (Å²) in [5, 5.41) is 0.669. The number of nitrogens with zero attached hydrogens (tertiary/aromatic N) is 2. The fourth-order valence-corrected chi connectivity index (χ4v) is 2.80. The first-order chi connectivity index (χ1) is 10.1. The molecule has 1 aromatic heterocycles. The molecule has 21 heavy (non-hydrogen) atoms. The summed E-state index contributed by atoms with van der Waals surface area (Å²) in [5.41, 5.74) is 3.30. The van der Waals surface area contributed by atoms with Crippen molar-refractivity contribution in [3.8, 4) is 5.69 Å². The number of alkyl halides is 1. The minimum Gasteiger partial charge on any atom is -0.296 e. The van der Waals surface area contributed by atoms with Crippen molar-refractivity contribution < 1.29 is 4.39 Å². The number of benzene rings is 2. The van der Waals surface area contributed by atoms with Crippen molar-refractivity contribution in [1.82, 2.24) is 9.55 Å². The highest BCUT2D eigenvalue weighted by Crippen LogP contribution is 2.28. The SMILES string of the molecule is Cc1c(Cl)cccc1-n1c(CCCl)nc2ccc(F)cc21. The summed E-state index contributed by atoms with van der Waals surface area (Å²) in [6.45, 7) is 1.94. The summed E-state index contributed by atoms with van der Waals surface area (Å²) in [7, 11) is 0. The molecule has 0 radical (unpaired) electrons. The Labute approximate surface area is 132 Å². The third-order valence-electron chi connectivity index (χ3n) is 3.48. The predicted octanol–water partition coefficient (Wildman–Crippen LogP) is 4.91. The molecule has 0 saturated heterocycles. The molecular weight excluding hydrogens is 310 g/mol. The van der Waals surface area contributed by atoms with Gasteiger partial charge >= 0.3 is 0 Å². The Morgan fingerprint density at radius 2 is 2.05 bits per heavy atom. The van der Waals surface area contributed by atoms with E-state index in [9.17, 15) is 4.39 Å². The lowest BCUT2D eigenvalue weighted by Crippen LogP contribution is -2.04. The van der Waals surface area contributed by atoms with Crippen LogP contribution in [0, 0.1) is 12.7 Å². The molecule has 3 aromatic rings.